The van der Waals surface area contributed by atoms with Gasteiger partial charge in [0.1, 0.15) is 18.1 Å². The van der Waals surface area contributed by atoms with Crippen molar-refractivity contribution in [2.75, 3.05) is 0 Å². The maximum Gasteiger partial charge on any atom is 0.307 e. The molecule has 0 aliphatic rings. The van der Waals surface area contributed by atoms with Gasteiger partial charge in [-0.2, -0.15) is 5.10 Å². The molecule has 0 saturated carbocycles. The zero-order valence-electron chi connectivity index (χ0n) is 14.7. The quantitative estimate of drug-likeness (QED) is 0.283. The van der Waals surface area contributed by atoms with E-state index in [1.54, 1.807) is 25.3 Å². The molecule has 0 spiro atoms. The van der Waals surface area contributed by atoms with Gasteiger partial charge in [-0.05, 0) is 86.3 Å². The Morgan fingerprint density at radius 3 is 2.39 bits per heavy atom. The Morgan fingerprint density at radius 2 is 1.79 bits per heavy atom. The number of hydrazone groups is 1. The molecule has 2 aromatic carbocycles. The summed E-state index contributed by atoms with van der Waals surface area (Å²) < 4.78 is 13.7. The number of rotatable bonds is 6. The Hall–Kier alpha value is -1.90. The minimum absolute atomic E-state index is 0.216. The van der Waals surface area contributed by atoms with Crippen molar-refractivity contribution in [1.82, 2.24) is 5.43 Å². The summed E-state index contributed by atoms with van der Waals surface area (Å²) in [6, 6.07) is 15.0. The van der Waals surface area contributed by atoms with E-state index in [9.17, 15) is 4.79 Å². The lowest BCUT2D eigenvalue weighted by Gasteiger charge is -2.11. The van der Waals surface area contributed by atoms with E-state index in [1.807, 2.05) is 36.4 Å². The van der Waals surface area contributed by atoms with E-state index in [4.69, 9.17) is 9.15 Å². The van der Waals surface area contributed by atoms with Gasteiger partial charge in [0.2, 0.25) is 0 Å². The Bertz CT molecular complexity index is 991. The highest BCUT2D eigenvalue weighted by Crippen LogP contribution is 2.35. The first-order valence-corrected chi connectivity index (χ1v) is 10.6. The first kappa shape index (κ1) is 20.8. The van der Waals surface area contributed by atoms with E-state index in [-0.39, 0.29) is 5.76 Å². The van der Waals surface area contributed by atoms with Crippen molar-refractivity contribution < 1.29 is 13.9 Å². The summed E-state index contributed by atoms with van der Waals surface area (Å²) in [5.74, 6) is 1.17. The molecule has 3 aromatic rings. The fourth-order valence-corrected chi connectivity index (χ4v) is 4.02. The molecule has 1 amide bonds. The van der Waals surface area contributed by atoms with Crippen molar-refractivity contribution in [3.8, 4) is 5.75 Å². The number of nitrogens with one attached hydrogen (secondary N) is 1. The van der Waals surface area contributed by atoms with Gasteiger partial charge in [-0.3, -0.25) is 4.79 Å². The smallest absolute Gasteiger partial charge is 0.307 e. The molecule has 5 nitrogen and oxygen atoms in total. The Labute approximate surface area is 187 Å². The summed E-state index contributed by atoms with van der Waals surface area (Å²) in [5.41, 5.74) is 4.28. The zero-order chi connectivity index (χ0) is 20.1. The molecular formula is C20H15Br3N2O3. The Morgan fingerprint density at radius 1 is 1.11 bits per heavy atom. The average molecular weight is 571 g/mol. The average Bonchev–Trinajstić information content (AvgIpc) is 3.09. The summed E-state index contributed by atoms with van der Waals surface area (Å²) in [6.07, 6.45) is 1.54. The first-order valence-electron chi connectivity index (χ1n) is 8.18. The lowest BCUT2D eigenvalue weighted by atomic mass is 10.2. The fourth-order valence-electron chi connectivity index (χ4n) is 2.31. The van der Waals surface area contributed by atoms with Gasteiger partial charge in [0.15, 0.2) is 5.76 Å². The van der Waals surface area contributed by atoms with E-state index in [0.29, 0.717) is 18.1 Å². The molecule has 0 radical (unpaired) electrons. The number of amides is 1. The van der Waals surface area contributed by atoms with E-state index in [0.717, 1.165) is 24.5 Å². The van der Waals surface area contributed by atoms with Gasteiger partial charge in [0, 0.05) is 4.47 Å². The summed E-state index contributed by atoms with van der Waals surface area (Å²) in [5, 5.41) is 3.97. The summed E-state index contributed by atoms with van der Waals surface area (Å²) in [4.78, 5) is 11.9. The predicted molar refractivity (Wildman–Crippen MR) is 119 cm³/mol. The molecule has 28 heavy (non-hydrogen) atoms. The molecule has 0 aliphatic heterocycles. The van der Waals surface area contributed by atoms with Crippen LogP contribution in [0.5, 0.6) is 5.75 Å². The third-order valence-electron chi connectivity index (χ3n) is 3.66. The second-order valence-corrected chi connectivity index (χ2v) is 8.46. The standard InChI is InChI=1S/C20H15Br3N2O3/c1-12-2-7-18(28-12)20(26)25-24-10-14-8-16(22)19(17(23)9-14)27-11-13-3-5-15(21)6-4-13/h2-10H,11H2,1H3,(H,25,26)/b24-10+. The number of carbonyl (C=O) groups excluding carboxylic acids is 1. The molecule has 1 N–H and O–H groups in total. The lowest BCUT2D eigenvalue weighted by Crippen LogP contribution is -2.16. The first-order chi connectivity index (χ1) is 13.4. The van der Waals surface area contributed by atoms with Crippen LogP contribution >= 0.6 is 47.8 Å². The number of benzene rings is 2. The number of ether oxygens (including phenoxy) is 1. The molecule has 0 bridgehead atoms. The molecule has 0 saturated heterocycles. The normalized spacial score (nSPS) is 11.0. The minimum atomic E-state index is -0.406. The second kappa shape index (κ2) is 9.54. The highest BCUT2D eigenvalue weighted by atomic mass is 79.9. The number of nitrogens with zero attached hydrogens (tertiary/aromatic N) is 1. The number of hydrogen-bond donors (Lipinski definition) is 1. The van der Waals surface area contributed by atoms with E-state index < -0.39 is 5.91 Å². The van der Waals surface area contributed by atoms with E-state index in [2.05, 4.69) is 58.3 Å². The van der Waals surface area contributed by atoms with Crippen molar-refractivity contribution in [3.05, 3.63) is 84.6 Å². The van der Waals surface area contributed by atoms with Crippen LogP contribution in [0, 0.1) is 6.92 Å². The van der Waals surface area contributed by atoms with Crippen LogP contribution in [0.2, 0.25) is 0 Å². The van der Waals surface area contributed by atoms with Crippen molar-refractivity contribution >= 4 is 59.9 Å². The van der Waals surface area contributed by atoms with Crippen LogP contribution in [0.1, 0.15) is 27.4 Å². The molecule has 1 aromatic heterocycles. The van der Waals surface area contributed by atoms with Gasteiger partial charge in [-0.15, -0.1) is 0 Å². The minimum Gasteiger partial charge on any atom is -0.487 e. The van der Waals surface area contributed by atoms with Gasteiger partial charge in [-0.25, -0.2) is 5.43 Å². The van der Waals surface area contributed by atoms with Crippen LogP contribution in [0.15, 0.2) is 71.5 Å². The van der Waals surface area contributed by atoms with Crippen LogP contribution in [-0.2, 0) is 6.61 Å². The number of halogens is 3. The molecule has 8 heteroatoms. The fraction of sp³-hybridized carbons (Fsp3) is 0.100. The largest absolute Gasteiger partial charge is 0.487 e. The summed E-state index contributed by atoms with van der Waals surface area (Å²) in [7, 11) is 0. The molecule has 3 rings (SSSR count). The van der Waals surface area contributed by atoms with Crippen LogP contribution in [-0.4, -0.2) is 12.1 Å². The molecule has 144 valence electrons. The molecule has 0 aliphatic carbocycles. The lowest BCUT2D eigenvalue weighted by molar-refractivity contribution is 0.0926. The van der Waals surface area contributed by atoms with Gasteiger partial charge in [0.25, 0.3) is 0 Å². The molecule has 0 atom stereocenters. The molecular weight excluding hydrogens is 556 g/mol. The second-order valence-electron chi connectivity index (χ2n) is 5.84. The van der Waals surface area contributed by atoms with Crippen LogP contribution < -0.4 is 10.2 Å². The highest BCUT2D eigenvalue weighted by molar-refractivity contribution is 9.11. The topological polar surface area (TPSA) is 63.8 Å². The van der Waals surface area contributed by atoms with E-state index in [1.165, 1.54) is 0 Å². The maximum absolute atomic E-state index is 11.9. The number of aryl methyl sites for hydroxylation is 1. The van der Waals surface area contributed by atoms with Crippen molar-refractivity contribution in [2.24, 2.45) is 5.10 Å². The Kier molecular flexibility index (Phi) is 7.09. The number of carbonyl (C=O) groups is 1. The van der Waals surface area contributed by atoms with Crippen LogP contribution in [0.25, 0.3) is 0 Å². The van der Waals surface area contributed by atoms with Crippen LogP contribution in [0.3, 0.4) is 0 Å². The van der Waals surface area contributed by atoms with Crippen molar-refractivity contribution in [1.29, 1.82) is 0 Å². The van der Waals surface area contributed by atoms with Gasteiger partial charge < -0.3 is 9.15 Å². The Balaban J connectivity index is 1.63. The third-order valence-corrected chi connectivity index (χ3v) is 5.37. The summed E-state index contributed by atoms with van der Waals surface area (Å²) >= 11 is 10.5. The predicted octanol–water partition coefficient (Wildman–Crippen LogP) is 6.22. The molecule has 1 heterocycles. The number of furan rings is 1. The highest BCUT2D eigenvalue weighted by Gasteiger charge is 2.10. The SMILES string of the molecule is Cc1ccc(C(=O)N/N=C/c2cc(Br)c(OCc3ccc(Br)cc3)c(Br)c2)o1. The maximum atomic E-state index is 11.9. The van der Waals surface area contributed by atoms with E-state index >= 15 is 0 Å². The van der Waals surface area contributed by atoms with Crippen LogP contribution in [0.4, 0.5) is 0 Å². The molecule has 0 fully saturated rings. The number of hydrogen-bond acceptors (Lipinski definition) is 4. The van der Waals surface area contributed by atoms with Crippen molar-refractivity contribution in [3.63, 3.8) is 0 Å². The zero-order valence-corrected chi connectivity index (χ0v) is 19.5. The molecule has 0 unspecified atom stereocenters. The van der Waals surface area contributed by atoms with Crippen molar-refractivity contribution in [2.45, 2.75) is 13.5 Å². The van der Waals surface area contributed by atoms with Gasteiger partial charge in [-0.1, -0.05) is 28.1 Å². The monoisotopic (exact) mass is 568 g/mol. The summed E-state index contributed by atoms with van der Waals surface area (Å²) in [6.45, 7) is 2.21. The van der Waals surface area contributed by atoms with Gasteiger partial charge in [0.05, 0.1) is 15.2 Å². The van der Waals surface area contributed by atoms with Gasteiger partial charge >= 0.3 is 5.91 Å². The third kappa shape index (κ3) is 5.56.